The van der Waals surface area contributed by atoms with Crippen molar-refractivity contribution in [3.05, 3.63) is 34.6 Å². The number of rotatable bonds is 3. The second-order valence-electron chi connectivity index (χ2n) is 4.75. The molecule has 0 unspecified atom stereocenters. The van der Waals surface area contributed by atoms with E-state index in [9.17, 15) is 14.4 Å². The van der Waals surface area contributed by atoms with Gasteiger partial charge in [0, 0.05) is 23.7 Å². The SMILES string of the molecule is N#C[C@]1(c2ccc(Cl)cc2F)CCN(CC(N)=O)C1. The van der Waals surface area contributed by atoms with Crippen molar-refractivity contribution >= 4 is 17.5 Å². The second kappa shape index (κ2) is 5.16. The van der Waals surface area contributed by atoms with Crippen molar-refractivity contribution in [2.24, 2.45) is 5.73 Å². The first-order valence-electron chi connectivity index (χ1n) is 5.84. The summed E-state index contributed by atoms with van der Waals surface area (Å²) in [6.07, 6.45) is 0.468. The average Bonchev–Trinajstić information content (AvgIpc) is 2.72. The minimum Gasteiger partial charge on any atom is -0.369 e. The average molecular weight is 282 g/mol. The predicted octanol–water partition coefficient (Wildman–Crippen LogP) is 1.43. The van der Waals surface area contributed by atoms with Crippen LogP contribution >= 0.6 is 11.6 Å². The number of hydrogen-bond acceptors (Lipinski definition) is 3. The molecule has 0 aliphatic carbocycles. The van der Waals surface area contributed by atoms with Crippen LogP contribution in [0.25, 0.3) is 0 Å². The number of carbonyl (C=O) groups is 1. The Bertz CT molecular complexity index is 557. The van der Waals surface area contributed by atoms with Crippen LogP contribution in [0.3, 0.4) is 0 Å². The molecule has 1 atom stereocenters. The molecule has 0 saturated carbocycles. The lowest BCUT2D eigenvalue weighted by atomic mass is 9.81. The Hall–Kier alpha value is -1.64. The third-order valence-electron chi connectivity index (χ3n) is 3.39. The molecule has 1 aromatic carbocycles. The lowest BCUT2D eigenvalue weighted by Gasteiger charge is -2.22. The number of likely N-dealkylation sites (tertiary alicyclic amines) is 1. The molecule has 4 nitrogen and oxygen atoms in total. The van der Waals surface area contributed by atoms with E-state index in [-0.39, 0.29) is 6.54 Å². The fourth-order valence-corrected chi connectivity index (χ4v) is 2.65. The number of benzene rings is 1. The van der Waals surface area contributed by atoms with E-state index in [0.29, 0.717) is 30.1 Å². The molecule has 1 aromatic rings. The van der Waals surface area contributed by atoms with Crippen molar-refractivity contribution in [1.29, 1.82) is 5.26 Å². The topological polar surface area (TPSA) is 70.1 Å². The van der Waals surface area contributed by atoms with Crippen molar-refractivity contribution in [2.45, 2.75) is 11.8 Å². The van der Waals surface area contributed by atoms with Crippen LogP contribution < -0.4 is 5.73 Å². The summed E-state index contributed by atoms with van der Waals surface area (Å²) in [5, 5.41) is 9.72. The van der Waals surface area contributed by atoms with Crippen LogP contribution in [0.4, 0.5) is 4.39 Å². The van der Waals surface area contributed by atoms with Gasteiger partial charge in [0.05, 0.1) is 18.0 Å². The van der Waals surface area contributed by atoms with E-state index in [1.54, 1.807) is 11.0 Å². The Morgan fingerprint density at radius 2 is 2.37 bits per heavy atom. The summed E-state index contributed by atoms with van der Waals surface area (Å²) in [5.74, 6) is -0.944. The van der Waals surface area contributed by atoms with Crippen LogP contribution in [0.2, 0.25) is 5.02 Å². The fourth-order valence-electron chi connectivity index (χ4n) is 2.49. The number of nitrogens with two attached hydrogens (primary N) is 1. The highest BCUT2D eigenvalue weighted by molar-refractivity contribution is 6.30. The highest BCUT2D eigenvalue weighted by Gasteiger charge is 2.42. The normalized spacial score (nSPS) is 23.2. The predicted molar refractivity (Wildman–Crippen MR) is 69.0 cm³/mol. The maximum atomic E-state index is 14.0. The molecule has 1 aliphatic heterocycles. The van der Waals surface area contributed by atoms with E-state index in [4.69, 9.17) is 17.3 Å². The molecule has 1 heterocycles. The van der Waals surface area contributed by atoms with Crippen LogP contribution in [-0.4, -0.2) is 30.4 Å². The molecule has 100 valence electrons. The second-order valence-corrected chi connectivity index (χ2v) is 5.18. The van der Waals surface area contributed by atoms with Crippen LogP contribution in [0.15, 0.2) is 18.2 Å². The summed E-state index contributed by atoms with van der Waals surface area (Å²) in [6.45, 7) is 0.919. The zero-order chi connectivity index (χ0) is 14.0. The lowest BCUT2D eigenvalue weighted by Crippen LogP contribution is -2.35. The van der Waals surface area contributed by atoms with Crippen LogP contribution in [-0.2, 0) is 10.2 Å². The highest BCUT2D eigenvalue weighted by atomic mass is 35.5. The van der Waals surface area contributed by atoms with Gasteiger partial charge in [-0.1, -0.05) is 17.7 Å². The summed E-state index contributed by atoms with van der Waals surface area (Å²) in [6, 6.07) is 6.48. The molecule has 0 aromatic heterocycles. The quantitative estimate of drug-likeness (QED) is 0.911. The van der Waals surface area contributed by atoms with Crippen LogP contribution in [0.5, 0.6) is 0 Å². The first kappa shape index (κ1) is 13.8. The van der Waals surface area contributed by atoms with E-state index in [1.807, 2.05) is 0 Å². The highest BCUT2D eigenvalue weighted by Crippen LogP contribution is 2.36. The molecule has 1 amide bonds. The molecular weight excluding hydrogens is 269 g/mol. The zero-order valence-corrected chi connectivity index (χ0v) is 11.0. The maximum absolute atomic E-state index is 14.0. The number of hydrogen-bond donors (Lipinski definition) is 1. The molecule has 6 heteroatoms. The Balaban J connectivity index is 2.30. The molecule has 1 fully saturated rings. The van der Waals surface area contributed by atoms with Gasteiger partial charge in [-0.3, -0.25) is 9.69 Å². The number of primary amides is 1. The van der Waals surface area contributed by atoms with E-state index in [1.165, 1.54) is 12.1 Å². The molecule has 2 rings (SSSR count). The summed E-state index contributed by atoms with van der Waals surface area (Å²) < 4.78 is 14.0. The number of carbonyl (C=O) groups excluding carboxylic acids is 1. The van der Waals surface area contributed by atoms with Crippen molar-refractivity contribution in [1.82, 2.24) is 4.90 Å². The van der Waals surface area contributed by atoms with Gasteiger partial charge in [0.15, 0.2) is 0 Å². The van der Waals surface area contributed by atoms with E-state index < -0.39 is 17.1 Å². The Morgan fingerprint density at radius 1 is 1.63 bits per heavy atom. The lowest BCUT2D eigenvalue weighted by molar-refractivity contribution is -0.118. The van der Waals surface area contributed by atoms with Crippen LogP contribution in [0.1, 0.15) is 12.0 Å². The van der Waals surface area contributed by atoms with Gasteiger partial charge in [-0.25, -0.2) is 4.39 Å². The van der Waals surface area contributed by atoms with Crippen molar-refractivity contribution < 1.29 is 9.18 Å². The first-order chi connectivity index (χ1) is 8.97. The standard InChI is InChI=1S/C13H13ClFN3O/c14-9-1-2-10(11(15)5-9)13(7-16)3-4-18(8-13)6-12(17)19/h1-2,5H,3-4,6,8H2,(H2,17,19)/t13-/m1/s1. The Kier molecular flexibility index (Phi) is 3.74. The molecule has 0 radical (unpaired) electrons. The van der Waals surface area contributed by atoms with Crippen molar-refractivity contribution in [3.63, 3.8) is 0 Å². The Morgan fingerprint density at radius 3 is 2.95 bits per heavy atom. The zero-order valence-electron chi connectivity index (χ0n) is 10.2. The molecule has 19 heavy (non-hydrogen) atoms. The number of amides is 1. The van der Waals surface area contributed by atoms with Gasteiger partial charge in [-0.15, -0.1) is 0 Å². The van der Waals surface area contributed by atoms with Crippen LogP contribution in [0, 0.1) is 17.1 Å². The monoisotopic (exact) mass is 281 g/mol. The van der Waals surface area contributed by atoms with Crippen molar-refractivity contribution in [2.75, 3.05) is 19.6 Å². The maximum Gasteiger partial charge on any atom is 0.231 e. The molecule has 0 spiro atoms. The third-order valence-corrected chi connectivity index (χ3v) is 3.62. The summed E-state index contributed by atoms with van der Waals surface area (Å²) in [5.41, 5.74) is 4.52. The minimum atomic E-state index is -0.940. The smallest absolute Gasteiger partial charge is 0.231 e. The third kappa shape index (κ3) is 2.70. The van der Waals surface area contributed by atoms with E-state index in [2.05, 4.69) is 6.07 Å². The molecule has 1 aliphatic rings. The molecule has 2 N–H and O–H groups in total. The molecule has 1 saturated heterocycles. The van der Waals surface area contributed by atoms with Gasteiger partial charge in [-0.05, 0) is 18.6 Å². The summed E-state index contributed by atoms with van der Waals surface area (Å²) in [4.78, 5) is 12.7. The first-order valence-corrected chi connectivity index (χ1v) is 6.22. The van der Waals surface area contributed by atoms with Crippen molar-refractivity contribution in [3.8, 4) is 6.07 Å². The van der Waals surface area contributed by atoms with Gasteiger partial charge in [0.2, 0.25) is 5.91 Å². The Labute approximate surface area is 115 Å². The van der Waals surface area contributed by atoms with Gasteiger partial charge in [0.25, 0.3) is 0 Å². The fraction of sp³-hybridized carbons (Fsp3) is 0.385. The van der Waals surface area contributed by atoms with E-state index in [0.717, 1.165) is 0 Å². The number of nitrogens with zero attached hydrogens (tertiary/aromatic N) is 2. The number of nitriles is 1. The van der Waals surface area contributed by atoms with Gasteiger partial charge in [-0.2, -0.15) is 5.26 Å². The summed E-state index contributed by atoms with van der Waals surface area (Å²) >= 11 is 5.72. The summed E-state index contributed by atoms with van der Waals surface area (Å²) in [7, 11) is 0. The molecule has 0 bridgehead atoms. The molecular formula is C13H13ClFN3O. The van der Waals surface area contributed by atoms with E-state index >= 15 is 0 Å². The van der Waals surface area contributed by atoms with Gasteiger partial charge in [0.1, 0.15) is 5.82 Å². The minimum absolute atomic E-state index is 0.0820. The largest absolute Gasteiger partial charge is 0.369 e. The number of halogens is 2. The van der Waals surface area contributed by atoms with Gasteiger partial charge < -0.3 is 5.73 Å². The van der Waals surface area contributed by atoms with Gasteiger partial charge >= 0.3 is 0 Å².